The highest BCUT2D eigenvalue weighted by molar-refractivity contribution is 9.10. The lowest BCUT2D eigenvalue weighted by Gasteiger charge is -2.15. The molecule has 0 aliphatic heterocycles. The fourth-order valence-corrected chi connectivity index (χ4v) is 2.42. The van der Waals surface area contributed by atoms with Gasteiger partial charge in [-0.2, -0.15) is 0 Å². The highest BCUT2D eigenvalue weighted by Crippen LogP contribution is 2.38. The Kier molecular flexibility index (Phi) is 6.40. The summed E-state index contributed by atoms with van der Waals surface area (Å²) in [5, 5.41) is 2.47. The van der Waals surface area contributed by atoms with Crippen molar-refractivity contribution in [1.82, 2.24) is 0 Å². The molecule has 0 aliphatic carbocycles. The van der Waals surface area contributed by atoms with Crippen LogP contribution in [-0.4, -0.2) is 32.6 Å². The van der Waals surface area contributed by atoms with Gasteiger partial charge in [0.05, 0.1) is 19.9 Å². The van der Waals surface area contributed by atoms with Gasteiger partial charge in [0.2, 0.25) is 5.75 Å². The molecule has 0 aromatic heterocycles. The third-order valence-electron chi connectivity index (χ3n) is 3.26. The fourth-order valence-electron chi connectivity index (χ4n) is 2.08. The molecular formula is C17H16BrFN2O5. The van der Waals surface area contributed by atoms with Crippen LogP contribution in [0.3, 0.4) is 0 Å². The minimum absolute atomic E-state index is 0.0187. The van der Waals surface area contributed by atoms with Gasteiger partial charge in [0, 0.05) is 10.0 Å². The Balaban J connectivity index is 2.33. The number of hydrogen-bond acceptors (Lipinski definition) is 5. The van der Waals surface area contributed by atoms with Gasteiger partial charge in [-0.3, -0.25) is 9.59 Å². The minimum Gasteiger partial charge on any atom is -0.493 e. The van der Waals surface area contributed by atoms with Crippen LogP contribution in [0.25, 0.3) is 0 Å². The summed E-state index contributed by atoms with van der Waals surface area (Å²) in [4.78, 5) is 23.4. The number of carbonyl (C=O) groups is 2. The zero-order chi connectivity index (χ0) is 19.3. The number of benzene rings is 2. The Morgan fingerprint density at radius 1 is 1.15 bits per heavy atom. The van der Waals surface area contributed by atoms with E-state index in [1.165, 1.54) is 38.5 Å². The van der Waals surface area contributed by atoms with Crippen molar-refractivity contribution < 1.29 is 28.2 Å². The van der Waals surface area contributed by atoms with E-state index in [4.69, 9.17) is 19.9 Å². The normalized spacial score (nSPS) is 10.2. The van der Waals surface area contributed by atoms with E-state index < -0.39 is 17.6 Å². The molecule has 9 heteroatoms. The largest absolute Gasteiger partial charge is 0.493 e. The first-order valence-corrected chi connectivity index (χ1v) is 8.08. The number of carbonyl (C=O) groups excluding carboxylic acids is 2. The zero-order valence-electron chi connectivity index (χ0n) is 14.0. The lowest BCUT2D eigenvalue weighted by atomic mass is 10.1. The summed E-state index contributed by atoms with van der Waals surface area (Å²) < 4.78 is 30.1. The molecule has 0 saturated heterocycles. The molecule has 26 heavy (non-hydrogen) atoms. The average Bonchev–Trinajstić information content (AvgIpc) is 2.61. The number of nitrogens with one attached hydrogen (secondary N) is 1. The van der Waals surface area contributed by atoms with Gasteiger partial charge in [-0.05, 0) is 30.3 Å². The Hall–Kier alpha value is -2.81. The predicted molar refractivity (Wildman–Crippen MR) is 96.3 cm³/mol. The molecule has 2 aromatic carbocycles. The number of amides is 2. The number of halogens is 2. The van der Waals surface area contributed by atoms with Gasteiger partial charge in [-0.25, -0.2) is 4.39 Å². The van der Waals surface area contributed by atoms with E-state index >= 15 is 0 Å². The van der Waals surface area contributed by atoms with E-state index in [0.29, 0.717) is 4.47 Å². The van der Waals surface area contributed by atoms with Crippen LogP contribution in [0.15, 0.2) is 34.8 Å². The van der Waals surface area contributed by atoms with Crippen LogP contribution in [0.1, 0.15) is 10.4 Å². The maximum atomic E-state index is 13.9. The summed E-state index contributed by atoms with van der Waals surface area (Å²) in [6.07, 6.45) is 0. The lowest BCUT2D eigenvalue weighted by Crippen LogP contribution is -2.20. The zero-order valence-corrected chi connectivity index (χ0v) is 15.6. The number of rotatable bonds is 7. The number of methoxy groups -OCH3 is 2. The Morgan fingerprint density at radius 3 is 2.27 bits per heavy atom. The number of nitrogens with two attached hydrogens (primary N) is 1. The van der Waals surface area contributed by atoms with Crippen LogP contribution < -0.4 is 25.3 Å². The third-order valence-corrected chi connectivity index (χ3v) is 3.75. The topological polar surface area (TPSA) is 99.9 Å². The van der Waals surface area contributed by atoms with Gasteiger partial charge < -0.3 is 25.3 Å². The van der Waals surface area contributed by atoms with Crippen molar-refractivity contribution in [3.63, 3.8) is 0 Å². The number of anilines is 1. The van der Waals surface area contributed by atoms with Crippen LogP contribution in [0.5, 0.6) is 17.2 Å². The molecule has 0 saturated carbocycles. The van der Waals surface area contributed by atoms with Crippen molar-refractivity contribution in [3.05, 3.63) is 46.2 Å². The summed E-state index contributed by atoms with van der Waals surface area (Å²) in [6.45, 7) is -0.387. The summed E-state index contributed by atoms with van der Waals surface area (Å²) in [7, 11) is 2.73. The van der Waals surface area contributed by atoms with Gasteiger partial charge in [-0.1, -0.05) is 15.9 Å². The standard InChI is InChI=1S/C17H16BrFN2O5/c1-24-13-5-9(6-14(25-2)16(13)26-8-15(20)22)17(23)21-12-4-3-10(18)7-11(12)19/h3-7H,8H2,1-2H3,(H2,20,22)(H,21,23). The average molecular weight is 427 g/mol. The lowest BCUT2D eigenvalue weighted by molar-refractivity contribution is -0.120. The van der Waals surface area contributed by atoms with E-state index in [-0.39, 0.29) is 35.1 Å². The molecule has 0 atom stereocenters. The van der Waals surface area contributed by atoms with E-state index in [2.05, 4.69) is 21.2 Å². The summed E-state index contributed by atoms with van der Waals surface area (Å²) in [6, 6.07) is 7.02. The molecule has 0 unspecified atom stereocenters. The fraction of sp³-hybridized carbons (Fsp3) is 0.176. The smallest absolute Gasteiger partial charge is 0.256 e. The van der Waals surface area contributed by atoms with Crippen LogP contribution in [0, 0.1) is 5.82 Å². The van der Waals surface area contributed by atoms with Crippen LogP contribution >= 0.6 is 15.9 Å². The maximum Gasteiger partial charge on any atom is 0.256 e. The first kappa shape index (κ1) is 19.5. The van der Waals surface area contributed by atoms with Gasteiger partial charge in [0.15, 0.2) is 18.1 Å². The molecule has 2 rings (SSSR count). The molecular weight excluding hydrogens is 411 g/mol. The molecule has 2 aromatic rings. The van der Waals surface area contributed by atoms with E-state index in [9.17, 15) is 14.0 Å². The van der Waals surface area contributed by atoms with E-state index in [1.807, 2.05) is 0 Å². The molecule has 7 nitrogen and oxygen atoms in total. The van der Waals surface area contributed by atoms with Crippen molar-refractivity contribution in [2.24, 2.45) is 5.73 Å². The van der Waals surface area contributed by atoms with Crippen LogP contribution in [0.4, 0.5) is 10.1 Å². The Morgan fingerprint density at radius 2 is 1.77 bits per heavy atom. The Labute approximate surface area is 157 Å². The molecule has 138 valence electrons. The second-order valence-electron chi connectivity index (χ2n) is 5.04. The number of ether oxygens (including phenoxy) is 3. The van der Waals surface area contributed by atoms with Gasteiger partial charge in [0.25, 0.3) is 11.8 Å². The molecule has 0 heterocycles. The first-order chi connectivity index (χ1) is 12.3. The monoisotopic (exact) mass is 426 g/mol. The second-order valence-corrected chi connectivity index (χ2v) is 5.96. The number of primary amides is 1. The third kappa shape index (κ3) is 4.63. The summed E-state index contributed by atoms with van der Waals surface area (Å²) in [5.41, 5.74) is 5.23. The van der Waals surface area contributed by atoms with Gasteiger partial charge in [0.1, 0.15) is 5.82 Å². The van der Waals surface area contributed by atoms with E-state index in [1.54, 1.807) is 6.07 Å². The molecule has 2 amide bonds. The second kappa shape index (κ2) is 8.52. The minimum atomic E-state index is -0.679. The number of hydrogen-bond donors (Lipinski definition) is 2. The highest BCUT2D eigenvalue weighted by atomic mass is 79.9. The van der Waals surface area contributed by atoms with Crippen molar-refractivity contribution in [2.45, 2.75) is 0 Å². The SMILES string of the molecule is COc1cc(C(=O)Nc2ccc(Br)cc2F)cc(OC)c1OCC(N)=O. The highest BCUT2D eigenvalue weighted by Gasteiger charge is 2.19. The van der Waals surface area contributed by atoms with Crippen molar-refractivity contribution >= 4 is 33.4 Å². The summed E-state index contributed by atoms with van der Waals surface area (Å²) in [5.74, 6) is -1.40. The maximum absolute atomic E-state index is 13.9. The first-order valence-electron chi connectivity index (χ1n) is 7.29. The molecule has 0 aliphatic rings. The quantitative estimate of drug-likeness (QED) is 0.708. The van der Waals surface area contributed by atoms with Crippen molar-refractivity contribution in [3.8, 4) is 17.2 Å². The molecule has 0 fully saturated rings. The van der Waals surface area contributed by atoms with Gasteiger partial charge in [-0.15, -0.1) is 0 Å². The van der Waals surface area contributed by atoms with E-state index in [0.717, 1.165) is 0 Å². The molecule has 0 bridgehead atoms. The van der Waals surface area contributed by atoms with Crippen molar-refractivity contribution in [1.29, 1.82) is 0 Å². The molecule has 0 radical (unpaired) electrons. The van der Waals surface area contributed by atoms with Crippen LogP contribution in [0.2, 0.25) is 0 Å². The molecule has 0 spiro atoms. The Bertz CT molecular complexity index is 819. The molecule has 3 N–H and O–H groups in total. The van der Waals surface area contributed by atoms with Crippen molar-refractivity contribution in [2.75, 3.05) is 26.1 Å². The van der Waals surface area contributed by atoms with Gasteiger partial charge >= 0.3 is 0 Å². The summed E-state index contributed by atoms with van der Waals surface area (Å²) >= 11 is 3.15. The predicted octanol–water partition coefficient (Wildman–Crippen LogP) is 2.72. The van der Waals surface area contributed by atoms with Crippen LogP contribution in [-0.2, 0) is 4.79 Å².